The zero-order chi connectivity index (χ0) is 13.1. The number of sulfonamides is 1. The third kappa shape index (κ3) is 4.70. The van der Waals surface area contributed by atoms with Crippen LogP contribution in [0.4, 0.5) is 5.82 Å². The van der Waals surface area contributed by atoms with Crippen molar-refractivity contribution >= 4 is 37.7 Å². The van der Waals surface area contributed by atoms with Crippen molar-refractivity contribution in [1.82, 2.24) is 4.98 Å². The first-order chi connectivity index (χ1) is 7.80. The minimum absolute atomic E-state index is 0.177. The lowest BCUT2D eigenvalue weighted by Crippen LogP contribution is -2.19. The van der Waals surface area contributed by atoms with E-state index in [1.165, 1.54) is 6.20 Å². The second-order valence-electron chi connectivity index (χ2n) is 3.38. The Morgan fingerprint density at radius 2 is 2.24 bits per heavy atom. The molecule has 1 aromatic heterocycles. The molecule has 0 aromatic carbocycles. The molecular formula is C9H11BrN2O4S. The number of carbonyl (C=O) groups is 1. The number of carboxylic acid groups (broad SMARTS) is 1. The quantitative estimate of drug-likeness (QED) is 0.853. The molecule has 2 N–H and O–H groups in total. The molecule has 94 valence electrons. The molecule has 0 saturated heterocycles. The number of nitrogens with zero attached hydrogens (tertiary/aromatic N) is 1. The fourth-order valence-corrected chi connectivity index (χ4v) is 2.22. The standard InChI is InChI=1S/C9H11BrN2O4S/c1-6-4-8(11-5-7(6)10)12-17(15,16)3-2-9(13)14/h4-5H,2-3H2,1H3,(H,11,12)(H,13,14). The van der Waals surface area contributed by atoms with Gasteiger partial charge in [0.05, 0.1) is 12.2 Å². The highest BCUT2D eigenvalue weighted by molar-refractivity contribution is 9.10. The number of pyridine rings is 1. The van der Waals surface area contributed by atoms with Crippen LogP contribution in [0.2, 0.25) is 0 Å². The third-order valence-corrected chi connectivity index (χ3v) is 3.98. The van der Waals surface area contributed by atoms with Gasteiger partial charge in [0, 0.05) is 10.7 Å². The van der Waals surface area contributed by atoms with Crippen LogP contribution in [0.5, 0.6) is 0 Å². The maximum Gasteiger partial charge on any atom is 0.304 e. The lowest BCUT2D eigenvalue weighted by molar-refractivity contribution is -0.136. The Labute approximate surface area is 107 Å². The van der Waals surface area contributed by atoms with Crippen molar-refractivity contribution in [2.45, 2.75) is 13.3 Å². The Morgan fingerprint density at radius 1 is 1.59 bits per heavy atom. The van der Waals surface area contributed by atoms with E-state index in [0.717, 1.165) is 10.0 Å². The average Bonchev–Trinajstić information content (AvgIpc) is 2.21. The van der Waals surface area contributed by atoms with E-state index in [4.69, 9.17) is 5.11 Å². The smallest absolute Gasteiger partial charge is 0.304 e. The number of carboxylic acids is 1. The summed E-state index contributed by atoms with van der Waals surface area (Å²) in [6.45, 7) is 1.79. The summed E-state index contributed by atoms with van der Waals surface area (Å²) in [6, 6.07) is 1.56. The zero-order valence-corrected chi connectivity index (χ0v) is 11.4. The number of halogens is 1. The van der Waals surface area contributed by atoms with E-state index < -0.39 is 28.2 Å². The van der Waals surface area contributed by atoms with Crippen LogP contribution in [0.15, 0.2) is 16.7 Å². The Morgan fingerprint density at radius 3 is 2.76 bits per heavy atom. The van der Waals surface area contributed by atoms with Crippen LogP contribution in [0.1, 0.15) is 12.0 Å². The van der Waals surface area contributed by atoms with Crippen molar-refractivity contribution in [2.75, 3.05) is 10.5 Å². The molecule has 1 rings (SSSR count). The van der Waals surface area contributed by atoms with Crippen molar-refractivity contribution in [3.05, 3.63) is 22.3 Å². The monoisotopic (exact) mass is 322 g/mol. The van der Waals surface area contributed by atoms with Gasteiger partial charge in [-0.05, 0) is 34.5 Å². The molecule has 0 radical (unpaired) electrons. The van der Waals surface area contributed by atoms with E-state index in [1.54, 1.807) is 13.0 Å². The maximum absolute atomic E-state index is 11.5. The number of anilines is 1. The summed E-state index contributed by atoms with van der Waals surface area (Å²) in [7, 11) is -3.67. The number of hydrogen-bond donors (Lipinski definition) is 2. The van der Waals surface area contributed by atoms with Crippen molar-refractivity contribution in [3.63, 3.8) is 0 Å². The second kappa shape index (κ2) is 5.46. The van der Waals surface area contributed by atoms with Crippen LogP contribution in [0.3, 0.4) is 0 Å². The number of nitrogens with one attached hydrogen (secondary N) is 1. The third-order valence-electron chi connectivity index (χ3n) is 1.89. The highest BCUT2D eigenvalue weighted by Crippen LogP contribution is 2.17. The molecule has 0 aliphatic rings. The SMILES string of the molecule is Cc1cc(NS(=O)(=O)CCC(=O)O)ncc1Br. The highest BCUT2D eigenvalue weighted by Gasteiger charge is 2.13. The van der Waals surface area contributed by atoms with Crippen LogP contribution in [0, 0.1) is 6.92 Å². The van der Waals surface area contributed by atoms with Gasteiger partial charge < -0.3 is 5.11 Å². The number of hydrogen-bond acceptors (Lipinski definition) is 4. The molecule has 0 saturated carbocycles. The molecule has 0 aliphatic carbocycles. The molecule has 0 atom stereocenters. The summed E-state index contributed by atoms with van der Waals surface area (Å²) in [6.07, 6.45) is 1.04. The molecule has 1 heterocycles. The average molecular weight is 323 g/mol. The van der Waals surface area contributed by atoms with E-state index in [-0.39, 0.29) is 5.82 Å². The molecule has 8 heteroatoms. The maximum atomic E-state index is 11.5. The van der Waals surface area contributed by atoms with Crippen molar-refractivity contribution in [1.29, 1.82) is 0 Å². The first kappa shape index (κ1) is 13.9. The first-order valence-electron chi connectivity index (χ1n) is 4.64. The van der Waals surface area contributed by atoms with Crippen LogP contribution >= 0.6 is 15.9 Å². The van der Waals surface area contributed by atoms with Gasteiger partial charge in [-0.1, -0.05) is 0 Å². The molecule has 0 aliphatic heterocycles. The topological polar surface area (TPSA) is 96.4 Å². The molecule has 1 aromatic rings. The van der Waals surface area contributed by atoms with Gasteiger partial charge >= 0.3 is 5.97 Å². The summed E-state index contributed by atoms with van der Waals surface area (Å²) in [4.78, 5) is 14.1. The Bertz CT molecular complexity index is 530. The highest BCUT2D eigenvalue weighted by atomic mass is 79.9. The van der Waals surface area contributed by atoms with Crippen molar-refractivity contribution < 1.29 is 18.3 Å². The van der Waals surface area contributed by atoms with Gasteiger partial charge in [-0.3, -0.25) is 9.52 Å². The fourth-order valence-electron chi connectivity index (χ4n) is 1.03. The lowest BCUT2D eigenvalue weighted by Gasteiger charge is -2.07. The van der Waals surface area contributed by atoms with Gasteiger partial charge in [0.2, 0.25) is 10.0 Å². The van der Waals surface area contributed by atoms with Gasteiger partial charge in [0.15, 0.2) is 0 Å². The molecule has 17 heavy (non-hydrogen) atoms. The van der Waals surface area contributed by atoms with E-state index in [2.05, 4.69) is 25.6 Å². The predicted octanol–water partition coefficient (Wildman–Crippen LogP) is 1.37. The van der Waals surface area contributed by atoms with Crippen LogP contribution in [-0.4, -0.2) is 30.2 Å². The molecule has 0 amide bonds. The Kier molecular flexibility index (Phi) is 4.47. The van der Waals surface area contributed by atoms with Gasteiger partial charge in [0.1, 0.15) is 5.82 Å². The summed E-state index contributed by atoms with van der Waals surface area (Å²) in [5.74, 6) is -1.45. The van der Waals surface area contributed by atoms with Crippen molar-refractivity contribution in [2.24, 2.45) is 0 Å². The minimum atomic E-state index is -3.67. The number of aromatic nitrogens is 1. The van der Waals surface area contributed by atoms with Gasteiger partial charge in [-0.25, -0.2) is 13.4 Å². The summed E-state index contributed by atoms with van der Waals surface area (Å²) < 4.78 is 25.9. The Balaban J connectivity index is 2.76. The molecular weight excluding hydrogens is 312 g/mol. The summed E-state index contributed by atoms with van der Waals surface area (Å²) in [5, 5.41) is 8.41. The van der Waals surface area contributed by atoms with E-state index in [0.29, 0.717) is 0 Å². The summed E-state index contributed by atoms with van der Waals surface area (Å²) in [5.41, 5.74) is 0.830. The minimum Gasteiger partial charge on any atom is -0.481 e. The fraction of sp³-hybridized carbons (Fsp3) is 0.333. The molecule has 0 bridgehead atoms. The molecule has 6 nitrogen and oxygen atoms in total. The van der Waals surface area contributed by atoms with Crippen LogP contribution in [0.25, 0.3) is 0 Å². The Hall–Kier alpha value is -1.15. The number of rotatable bonds is 5. The van der Waals surface area contributed by atoms with Gasteiger partial charge in [-0.15, -0.1) is 0 Å². The van der Waals surface area contributed by atoms with E-state index >= 15 is 0 Å². The first-order valence-corrected chi connectivity index (χ1v) is 7.09. The normalized spacial score (nSPS) is 11.2. The molecule has 0 unspecified atom stereocenters. The van der Waals surface area contributed by atoms with Crippen molar-refractivity contribution in [3.8, 4) is 0 Å². The largest absolute Gasteiger partial charge is 0.481 e. The molecule has 0 fully saturated rings. The van der Waals surface area contributed by atoms with E-state index in [1.807, 2.05) is 0 Å². The van der Waals surface area contributed by atoms with Crippen LogP contribution < -0.4 is 4.72 Å². The second-order valence-corrected chi connectivity index (χ2v) is 6.08. The predicted molar refractivity (Wildman–Crippen MR) is 66.3 cm³/mol. The lowest BCUT2D eigenvalue weighted by atomic mass is 10.3. The van der Waals surface area contributed by atoms with E-state index in [9.17, 15) is 13.2 Å². The summed E-state index contributed by atoms with van der Waals surface area (Å²) >= 11 is 3.24. The molecule has 0 spiro atoms. The van der Waals surface area contributed by atoms with Gasteiger partial charge in [0.25, 0.3) is 0 Å². The zero-order valence-electron chi connectivity index (χ0n) is 8.97. The number of aryl methyl sites for hydroxylation is 1. The van der Waals surface area contributed by atoms with Gasteiger partial charge in [-0.2, -0.15) is 0 Å². The number of aliphatic carboxylic acids is 1. The van der Waals surface area contributed by atoms with Crippen LogP contribution in [-0.2, 0) is 14.8 Å².